The minimum atomic E-state index is -0.411. The van der Waals surface area contributed by atoms with E-state index in [1.807, 2.05) is 36.4 Å². The Morgan fingerprint density at radius 1 is 1.12 bits per heavy atom. The standard InChI is InChI=1S/C19H19N3O.ClH/c1-22-13-12-21-17(16-4-2-3-5-18(16)22)11-8-14-6-9-15(10-7-14)19(20)23;/h2-11H,12-13H2,1H3,(H2,20,23);1H. The number of aliphatic imine (C=N–C) groups is 1. The van der Waals surface area contributed by atoms with Crippen molar-refractivity contribution in [1.29, 1.82) is 0 Å². The number of halogens is 1. The molecule has 0 radical (unpaired) electrons. The number of likely N-dealkylation sites (N-methyl/N-ethyl adjacent to an activating group) is 1. The second kappa shape index (κ2) is 7.79. The number of benzodiazepines with no additional fused rings is 1. The van der Waals surface area contributed by atoms with Gasteiger partial charge in [-0.05, 0) is 29.8 Å². The molecule has 0 fully saturated rings. The lowest BCUT2D eigenvalue weighted by Crippen LogP contribution is -2.20. The predicted molar refractivity (Wildman–Crippen MR) is 102 cm³/mol. The van der Waals surface area contributed by atoms with Crippen LogP contribution in [0.15, 0.2) is 59.6 Å². The van der Waals surface area contributed by atoms with Crippen LogP contribution in [0.25, 0.3) is 6.08 Å². The Morgan fingerprint density at radius 3 is 2.54 bits per heavy atom. The van der Waals surface area contributed by atoms with E-state index in [0.29, 0.717) is 5.56 Å². The van der Waals surface area contributed by atoms with Crippen LogP contribution in [0.3, 0.4) is 0 Å². The molecule has 0 saturated carbocycles. The maximum atomic E-state index is 11.1. The number of benzene rings is 2. The molecule has 0 bridgehead atoms. The summed E-state index contributed by atoms with van der Waals surface area (Å²) >= 11 is 0. The molecule has 24 heavy (non-hydrogen) atoms. The number of rotatable bonds is 3. The van der Waals surface area contributed by atoms with E-state index in [2.05, 4.69) is 29.1 Å². The Kier molecular flexibility index (Phi) is 5.77. The smallest absolute Gasteiger partial charge is 0.248 e. The minimum absolute atomic E-state index is 0. The van der Waals surface area contributed by atoms with E-state index >= 15 is 0 Å². The number of hydrogen-bond donors (Lipinski definition) is 1. The third-order valence-corrected chi connectivity index (χ3v) is 3.94. The fourth-order valence-electron chi connectivity index (χ4n) is 2.63. The number of carbonyl (C=O) groups is 1. The molecule has 124 valence electrons. The quantitative estimate of drug-likeness (QED) is 0.932. The lowest BCUT2D eigenvalue weighted by atomic mass is 10.1. The predicted octanol–water partition coefficient (Wildman–Crippen LogP) is 3.16. The van der Waals surface area contributed by atoms with Crippen molar-refractivity contribution in [2.45, 2.75) is 0 Å². The van der Waals surface area contributed by atoms with Crippen LogP contribution < -0.4 is 10.6 Å². The monoisotopic (exact) mass is 341 g/mol. The first-order valence-electron chi connectivity index (χ1n) is 7.58. The first-order chi connectivity index (χ1) is 11.1. The average molecular weight is 342 g/mol. The van der Waals surface area contributed by atoms with Crippen molar-refractivity contribution >= 4 is 35.8 Å². The molecule has 0 aromatic heterocycles. The maximum Gasteiger partial charge on any atom is 0.248 e. The van der Waals surface area contributed by atoms with Crippen molar-refractivity contribution in [3.05, 3.63) is 71.3 Å². The zero-order valence-corrected chi connectivity index (χ0v) is 14.3. The second-order valence-corrected chi connectivity index (χ2v) is 5.53. The Labute approximate surface area is 148 Å². The van der Waals surface area contributed by atoms with Crippen molar-refractivity contribution in [3.63, 3.8) is 0 Å². The zero-order valence-electron chi connectivity index (χ0n) is 13.5. The normalized spacial score (nSPS) is 13.7. The van der Waals surface area contributed by atoms with E-state index in [-0.39, 0.29) is 12.4 Å². The average Bonchev–Trinajstić information content (AvgIpc) is 2.73. The molecule has 1 aliphatic rings. The van der Waals surface area contributed by atoms with Crippen LogP contribution in [0.4, 0.5) is 5.69 Å². The van der Waals surface area contributed by atoms with Gasteiger partial charge in [-0.2, -0.15) is 0 Å². The molecule has 0 spiro atoms. The van der Waals surface area contributed by atoms with E-state index in [1.54, 1.807) is 12.1 Å². The van der Waals surface area contributed by atoms with Gasteiger partial charge in [0, 0.05) is 30.4 Å². The van der Waals surface area contributed by atoms with Crippen molar-refractivity contribution in [2.75, 3.05) is 25.0 Å². The molecule has 5 heteroatoms. The fraction of sp³-hybridized carbons (Fsp3) is 0.158. The number of carbonyl (C=O) groups excluding carboxylic acids is 1. The van der Waals surface area contributed by atoms with Crippen LogP contribution in [0.5, 0.6) is 0 Å². The van der Waals surface area contributed by atoms with Gasteiger partial charge in [0.1, 0.15) is 0 Å². The van der Waals surface area contributed by atoms with E-state index in [9.17, 15) is 4.79 Å². The molecule has 2 N–H and O–H groups in total. The largest absolute Gasteiger partial charge is 0.372 e. The molecule has 0 aliphatic carbocycles. The number of fused-ring (bicyclic) bond motifs is 1. The van der Waals surface area contributed by atoms with Crippen LogP contribution in [-0.4, -0.2) is 31.8 Å². The van der Waals surface area contributed by atoms with Crippen LogP contribution in [0, 0.1) is 0 Å². The van der Waals surface area contributed by atoms with E-state index in [0.717, 1.165) is 29.9 Å². The van der Waals surface area contributed by atoms with Gasteiger partial charge in [0.25, 0.3) is 0 Å². The molecule has 1 aliphatic heterocycles. The van der Waals surface area contributed by atoms with Crippen LogP contribution >= 0.6 is 12.4 Å². The Hall–Kier alpha value is -2.59. The van der Waals surface area contributed by atoms with Gasteiger partial charge in [-0.25, -0.2) is 0 Å². The van der Waals surface area contributed by atoms with Gasteiger partial charge in [-0.3, -0.25) is 9.79 Å². The number of nitrogens with two attached hydrogens (primary N) is 1. The van der Waals surface area contributed by atoms with Gasteiger partial charge >= 0.3 is 0 Å². The fourth-order valence-corrected chi connectivity index (χ4v) is 2.63. The third-order valence-electron chi connectivity index (χ3n) is 3.94. The molecule has 1 heterocycles. The Morgan fingerprint density at radius 2 is 1.83 bits per heavy atom. The summed E-state index contributed by atoms with van der Waals surface area (Å²) in [5.74, 6) is -0.411. The maximum absolute atomic E-state index is 11.1. The molecule has 0 unspecified atom stereocenters. The molecule has 0 saturated heterocycles. The summed E-state index contributed by atoms with van der Waals surface area (Å²) in [4.78, 5) is 18.0. The highest BCUT2D eigenvalue weighted by Gasteiger charge is 2.13. The highest BCUT2D eigenvalue weighted by Crippen LogP contribution is 2.23. The highest BCUT2D eigenvalue weighted by molar-refractivity contribution is 6.14. The summed E-state index contributed by atoms with van der Waals surface area (Å²) < 4.78 is 0. The number of amides is 1. The van der Waals surface area contributed by atoms with E-state index < -0.39 is 5.91 Å². The van der Waals surface area contributed by atoms with Gasteiger partial charge < -0.3 is 10.6 Å². The van der Waals surface area contributed by atoms with Crippen molar-refractivity contribution < 1.29 is 4.79 Å². The second-order valence-electron chi connectivity index (χ2n) is 5.53. The highest BCUT2D eigenvalue weighted by atomic mass is 35.5. The van der Waals surface area contributed by atoms with E-state index in [1.165, 1.54) is 5.69 Å². The van der Waals surface area contributed by atoms with Gasteiger partial charge in [-0.15, -0.1) is 12.4 Å². The summed E-state index contributed by atoms with van der Waals surface area (Å²) in [6, 6.07) is 15.5. The van der Waals surface area contributed by atoms with Crippen molar-refractivity contribution in [1.82, 2.24) is 0 Å². The van der Waals surface area contributed by atoms with Gasteiger partial charge in [-0.1, -0.05) is 36.4 Å². The number of para-hydroxylation sites is 1. The summed E-state index contributed by atoms with van der Waals surface area (Å²) in [5.41, 5.74) is 10.1. The van der Waals surface area contributed by atoms with Crippen LogP contribution in [-0.2, 0) is 0 Å². The molecular formula is C19H20ClN3O. The summed E-state index contributed by atoms with van der Waals surface area (Å²) in [5, 5.41) is 0. The summed E-state index contributed by atoms with van der Waals surface area (Å²) in [7, 11) is 2.09. The Balaban J connectivity index is 0.00000208. The molecular weight excluding hydrogens is 322 g/mol. The molecule has 1 amide bonds. The first-order valence-corrected chi connectivity index (χ1v) is 7.58. The number of anilines is 1. The Bertz CT molecular complexity index is 781. The zero-order chi connectivity index (χ0) is 16.2. The number of primary amides is 1. The van der Waals surface area contributed by atoms with Crippen LogP contribution in [0.2, 0.25) is 0 Å². The van der Waals surface area contributed by atoms with Gasteiger partial charge in [0.05, 0.1) is 12.3 Å². The van der Waals surface area contributed by atoms with Crippen LogP contribution in [0.1, 0.15) is 21.5 Å². The third kappa shape index (κ3) is 3.84. The topological polar surface area (TPSA) is 58.7 Å². The van der Waals surface area contributed by atoms with Gasteiger partial charge in [0.2, 0.25) is 5.91 Å². The first kappa shape index (κ1) is 17.8. The molecule has 0 atom stereocenters. The summed E-state index contributed by atoms with van der Waals surface area (Å²) in [6.45, 7) is 1.67. The molecule has 2 aromatic rings. The molecule has 4 nitrogen and oxygen atoms in total. The number of nitrogens with zero attached hydrogens (tertiary/aromatic N) is 2. The SMILES string of the molecule is CN1CCN=C(C=Cc2ccc(C(N)=O)cc2)c2ccccc21.Cl. The number of allylic oxidation sites excluding steroid dienone is 1. The molecule has 3 rings (SSSR count). The minimum Gasteiger partial charge on any atom is -0.372 e. The van der Waals surface area contributed by atoms with E-state index in [4.69, 9.17) is 5.73 Å². The van der Waals surface area contributed by atoms with Crippen molar-refractivity contribution in [2.24, 2.45) is 10.7 Å². The van der Waals surface area contributed by atoms with Gasteiger partial charge in [0.15, 0.2) is 0 Å². The summed E-state index contributed by atoms with van der Waals surface area (Å²) in [6.07, 6.45) is 4.03. The number of hydrogen-bond acceptors (Lipinski definition) is 3. The molecule has 2 aromatic carbocycles. The lowest BCUT2D eigenvalue weighted by molar-refractivity contribution is 0.100. The lowest BCUT2D eigenvalue weighted by Gasteiger charge is -2.18. The van der Waals surface area contributed by atoms with Crippen molar-refractivity contribution in [3.8, 4) is 0 Å².